The van der Waals surface area contributed by atoms with E-state index in [9.17, 15) is 0 Å². The zero-order chi connectivity index (χ0) is 13.2. The van der Waals surface area contributed by atoms with Gasteiger partial charge in [-0.25, -0.2) is 0 Å². The third-order valence-corrected chi connectivity index (χ3v) is 5.69. The highest BCUT2D eigenvalue weighted by atomic mass is 32.1. The molecule has 2 heterocycles. The largest absolute Gasteiger partial charge is 0.306 e. The van der Waals surface area contributed by atoms with E-state index in [1.165, 1.54) is 27.5 Å². The molecule has 0 radical (unpaired) electrons. The Labute approximate surface area is 123 Å². The summed E-state index contributed by atoms with van der Waals surface area (Å²) in [6.07, 6.45) is 3.92. The van der Waals surface area contributed by atoms with Crippen LogP contribution in [0.15, 0.2) is 29.6 Å². The average molecular weight is 291 g/mol. The van der Waals surface area contributed by atoms with Crippen LogP contribution in [0.1, 0.15) is 40.4 Å². The lowest BCUT2D eigenvalue weighted by Gasteiger charge is -2.22. The summed E-state index contributed by atoms with van der Waals surface area (Å²) in [5.41, 5.74) is 0. The van der Waals surface area contributed by atoms with E-state index in [0.717, 1.165) is 12.3 Å². The maximum absolute atomic E-state index is 3.86. The van der Waals surface area contributed by atoms with E-state index < -0.39 is 0 Å². The Kier molecular flexibility index (Phi) is 4.06. The quantitative estimate of drug-likeness (QED) is 0.807. The number of hydrogen-bond acceptors (Lipinski definition) is 3. The lowest BCUT2D eigenvalue weighted by atomic mass is 10.1. The van der Waals surface area contributed by atoms with E-state index in [2.05, 4.69) is 48.8 Å². The Morgan fingerprint density at radius 2 is 2.16 bits per heavy atom. The zero-order valence-corrected chi connectivity index (χ0v) is 13.2. The van der Waals surface area contributed by atoms with Gasteiger partial charge in [0.25, 0.3) is 0 Å². The predicted molar refractivity (Wildman–Crippen MR) is 85.1 cm³/mol. The van der Waals surface area contributed by atoms with Crippen molar-refractivity contribution in [2.24, 2.45) is 5.92 Å². The molecular formula is C16H21NS2. The Morgan fingerprint density at radius 3 is 2.74 bits per heavy atom. The molecule has 0 bridgehead atoms. The highest BCUT2D eigenvalue weighted by Gasteiger charge is 2.33. The third-order valence-electron chi connectivity index (χ3n) is 3.71. The first-order valence-corrected chi connectivity index (χ1v) is 8.77. The average Bonchev–Trinajstić information content (AvgIpc) is 2.90. The molecule has 3 rings (SSSR count). The first-order valence-electron chi connectivity index (χ1n) is 7.07. The van der Waals surface area contributed by atoms with Gasteiger partial charge in [-0.3, -0.25) is 0 Å². The summed E-state index contributed by atoms with van der Waals surface area (Å²) in [4.78, 5) is 4.43. The summed E-state index contributed by atoms with van der Waals surface area (Å²) in [7, 11) is 0. The summed E-state index contributed by atoms with van der Waals surface area (Å²) < 4.78 is 0. The van der Waals surface area contributed by atoms with Crippen molar-refractivity contribution in [1.29, 1.82) is 0 Å². The standard InChI is InChI=1S/C16H21NS2/c1-11(10-14-8-5-12(2)19-14)17-16(13-6-7-13)15-4-3-9-18-15/h3-5,8-9,11,13,16-17H,6-7,10H2,1-2H3. The minimum absolute atomic E-state index is 0.547. The van der Waals surface area contributed by atoms with Gasteiger partial charge in [-0.2, -0.15) is 0 Å². The van der Waals surface area contributed by atoms with Crippen molar-refractivity contribution in [2.75, 3.05) is 0 Å². The fourth-order valence-corrected chi connectivity index (χ4v) is 4.51. The second-order valence-corrected chi connectivity index (χ2v) is 7.97. The van der Waals surface area contributed by atoms with E-state index >= 15 is 0 Å². The van der Waals surface area contributed by atoms with E-state index in [1.54, 1.807) is 0 Å². The molecule has 1 aliphatic rings. The molecule has 2 unspecified atom stereocenters. The van der Waals surface area contributed by atoms with E-state index in [0.29, 0.717) is 12.1 Å². The maximum Gasteiger partial charge on any atom is 0.0445 e. The minimum Gasteiger partial charge on any atom is -0.306 e. The fourth-order valence-electron chi connectivity index (χ4n) is 2.61. The Balaban J connectivity index is 1.62. The van der Waals surface area contributed by atoms with Crippen LogP contribution in [0, 0.1) is 12.8 Å². The van der Waals surface area contributed by atoms with Crippen LogP contribution in [0.25, 0.3) is 0 Å². The maximum atomic E-state index is 3.86. The van der Waals surface area contributed by atoms with Gasteiger partial charge in [0.15, 0.2) is 0 Å². The molecule has 0 spiro atoms. The summed E-state index contributed by atoms with van der Waals surface area (Å²) in [6, 6.07) is 10.1. The van der Waals surface area contributed by atoms with Crippen molar-refractivity contribution in [3.8, 4) is 0 Å². The molecule has 0 aliphatic heterocycles. The molecular weight excluding hydrogens is 270 g/mol. The molecule has 1 fully saturated rings. The smallest absolute Gasteiger partial charge is 0.0445 e. The van der Waals surface area contributed by atoms with E-state index in [-0.39, 0.29) is 0 Å². The summed E-state index contributed by atoms with van der Waals surface area (Å²) >= 11 is 3.82. The molecule has 2 aromatic rings. The van der Waals surface area contributed by atoms with Gasteiger partial charge in [-0.1, -0.05) is 6.07 Å². The first-order chi connectivity index (χ1) is 9.22. The van der Waals surface area contributed by atoms with Gasteiger partial charge in [0, 0.05) is 26.7 Å². The lowest BCUT2D eigenvalue weighted by Crippen LogP contribution is -2.32. The van der Waals surface area contributed by atoms with Crippen molar-refractivity contribution in [3.05, 3.63) is 44.3 Å². The number of nitrogens with one attached hydrogen (secondary N) is 1. The molecule has 3 heteroatoms. The molecule has 1 nitrogen and oxygen atoms in total. The monoisotopic (exact) mass is 291 g/mol. The van der Waals surface area contributed by atoms with Crippen LogP contribution in [0.2, 0.25) is 0 Å². The highest BCUT2D eigenvalue weighted by Crippen LogP contribution is 2.42. The van der Waals surface area contributed by atoms with Crippen LogP contribution < -0.4 is 5.32 Å². The van der Waals surface area contributed by atoms with Gasteiger partial charge in [-0.05, 0) is 62.6 Å². The topological polar surface area (TPSA) is 12.0 Å². The molecule has 1 aliphatic carbocycles. The van der Waals surface area contributed by atoms with Crippen LogP contribution in [0.4, 0.5) is 0 Å². The van der Waals surface area contributed by atoms with Crippen molar-refractivity contribution in [1.82, 2.24) is 5.32 Å². The van der Waals surface area contributed by atoms with Crippen LogP contribution in [0.5, 0.6) is 0 Å². The zero-order valence-electron chi connectivity index (χ0n) is 11.6. The molecule has 19 heavy (non-hydrogen) atoms. The van der Waals surface area contributed by atoms with Crippen LogP contribution in [-0.2, 0) is 6.42 Å². The fraction of sp³-hybridized carbons (Fsp3) is 0.500. The van der Waals surface area contributed by atoms with Gasteiger partial charge >= 0.3 is 0 Å². The number of thiophene rings is 2. The Morgan fingerprint density at radius 1 is 1.32 bits per heavy atom. The molecule has 1 N–H and O–H groups in total. The van der Waals surface area contributed by atoms with Gasteiger partial charge in [0.05, 0.1) is 0 Å². The molecule has 0 saturated heterocycles. The van der Waals surface area contributed by atoms with Crippen LogP contribution in [0.3, 0.4) is 0 Å². The summed E-state index contributed by atoms with van der Waals surface area (Å²) in [5, 5.41) is 6.05. The molecule has 0 amide bonds. The second kappa shape index (κ2) is 5.78. The Hall–Kier alpha value is -0.640. The van der Waals surface area contributed by atoms with Crippen molar-refractivity contribution in [3.63, 3.8) is 0 Å². The molecule has 1 saturated carbocycles. The number of hydrogen-bond donors (Lipinski definition) is 1. The van der Waals surface area contributed by atoms with Crippen LogP contribution >= 0.6 is 22.7 Å². The summed E-state index contributed by atoms with van der Waals surface area (Å²) in [6.45, 7) is 4.50. The SMILES string of the molecule is Cc1ccc(CC(C)NC(c2cccs2)C2CC2)s1. The summed E-state index contributed by atoms with van der Waals surface area (Å²) in [5.74, 6) is 0.867. The van der Waals surface area contributed by atoms with Crippen molar-refractivity contribution < 1.29 is 0 Å². The molecule has 2 aromatic heterocycles. The van der Waals surface area contributed by atoms with Gasteiger partial charge in [0.2, 0.25) is 0 Å². The normalized spacial score (nSPS) is 18.4. The van der Waals surface area contributed by atoms with E-state index in [1.807, 2.05) is 22.7 Å². The van der Waals surface area contributed by atoms with Crippen molar-refractivity contribution in [2.45, 2.75) is 45.2 Å². The number of aryl methyl sites for hydroxylation is 1. The highest BCUT2D eigenvalue weighted by molar-refractivity contribution is 7.11. The molecule has 102 valence electrons. The lowest BCUT2D eigenvalue weighted by molar-refractivity contribution is 0.423. The van der Waals surface area contributed by atoms with Gasteiger partial charge < -0.3 is 5.32 Å². The first kappa shape index (κ1) is 13.3. The van der Waals surface area contributed by atoms with Crippen molar-refractivity contribution >= 4 is 22.7 Å². The van der Waals surface area contributed by atoms with Crippen LogP contribution in [-0.4, -0.2) is 6.04 Å². The second-order valence-electron chi connectivity index (χ2n) is 5.61. The van der Waals surface area contributed by atoms with E-state index in [4.69, 9.17) is 0 Å². The van der Waals surface area contributed by atoms with Gasteiger partial charge in [-0.15, -0.1) is 22.7 Å². The predicted octanol–water partition coefficient (Wildman–Crippen LogP) is 4.79. The Bertz CT molecular complexity index is 511. The molecule has 2 atom stereocenters. The van der Waals surface area contributed by atoms with Gasteiger partial charge in [0.1, 0.15) is 0 Å². The molecule has 0 aromatic carbocycles. The number of rotatable bonds is 6. The third kappa shape index (κ3) is 3.47. The minimum atomic E-state index is 0.547.